The van der Waals surface area contributed by atoms with Gasteiger partial charge < -0.3 is 19.7 Å². The van der Waals surface area contributed by atoms with E-state index in [0.717, 1.165) is 5.56 Å². The van der Waals surface area contributed by atoms with Crippen LogP contribution in [0.3, 0.4) is 0 Å². The van der Waals surface area contributed by atoms with Crippen molar-refractivity contribution in [3.8, 4) is 17.7 Å². The summed E-state index contributed by atoms with van der Waals surface area (Å²) in [6.45, 7) is 0. The third kappa shape index (κ3) is 3.36. The second-order valence-electron chi connectivity index (χ2n) is 8.81. The second-order valence-corrected chi connectivity index (χ2v) is 8.81. The molecule has 9 heteroatoms. The van der Waals surface area contributed by atoms with Gasteiger partial charge in [0.2, 0.25) is 5.88 Å². The van der Waals surface area contributed by atoms with Crippen LogP contribution in [0.4, 0.5) is 13.2 Å². The van der Waals surface area contributed by atoms with Crippen molar-refractivity contribution >= 4 is 0 Å². The topological polar surface area (TPSA) is 95.6 Å². The Bertz CT molecular complexity index is 1310. The van der Waals surface area contributed by atoms with Gasteiger partial charge in [-0.15, -0.1) is 0 Å². The molecule has 2 N–H and O–H groups in total. The van der Waals surface area contributed by atoms with Crippen LogP contribution in [-0.2, 0) is 17.6 Å². The van der Waals surface area contributed by atoms with Crippen LogP contribution < -0.4 is 9.47 Å². The summed E-state index contributed by atoms with van der Waals surface area (Å²) in [6.07, 6.45) is -6.69. The largest absolute Gasteiger partial charge is 0.481 e. The maximum absolute atomic E-state index is 12.9. The van der Waals surface area contributed by atoms with Crippen LogP contribution >= 0.6 is 0 Å². The van der Waals surface area contributed by atoms with E-state index < -0.39 is 35.8 Å². The van der Waals surface area contributed by atoms with Crippen LogP contribution in [0.2, 0.25) is 0 Å². The fourth-order valence-corrected chi connectivity index (χ4v) is 5.52. The molecule has 4 atom stereocenters. The molecular formula is C26H21F3N2O4. The number of hydrogen-bond donors (Lipinski definition) is 2. The number of aromatic nitrogens is 1. The smallest absolute Gasteiger partial charge is 0.393 e. The van der Waals surface area contributed by atoms with Crippen LogP contribution in [0.1, 0.15) is 40.3 Å². The van der Waals surface area contributed by atoms with Gasteiger partial charge in [-0.25, -0.2) is 4.98 Å². The number of fused-ring (bicyclic) bond motifs is 3. The van der Waals surface area contributed by atoms with Gasteiger partial charge in [0, 0.05) is 12.0 Å². The van der Waals surface area contributed by atoms with Gasteiger partial charge in [0.15, 0.2) is 11.2 Å². The fourth-order valence-electron chi connectivity index (χ4n) is 5.52. The van der Waals surface area contributed by atoms with E-state index in [4.69, 9.17) is 9.47 Å². The molecule has 1 saturated carbocycles. The summed E-state index contributed by atoms with van der Waals surface area (Å²) in [4.78, 5) is 4.14. The molecule has 2 heterocycles. The van der Waals surface area contributed by atoms with Gasteiger partial charge in [-0.05, 0) is 23.1 Å². The number of hydrogen-bond acceptors (Lipinski definition) is 6. The SMILES string of the molecule is COc1nc(C#N)cc2c1C1(O)C(O)CC(c3ccccc3)C1(c1ccc(CC(F)(F)F)cc1)O2. The molecule has 2 aliphatic rings. The molecule has 0 bridgehead atoms. The molecule has 5 rings (SSSR count). The zero-order valence-corrected chi connectivity index (χ0v) is 18.6. The Morgan fingerprint density at radius 1 is 1.17 bits per heavy atom. The Morgan fingerprint density at radius 2 is 1.86 bits per heavy atom. The predicted molar refractivity (Wildman–Crippen MR) is 118 cm³/mol. The van der Waals surface area contributed by atoms with Crippen molar-refractivity contribution in [3.05, 3.63) is 88.6 Å². The lowest BCUT2D eigenvalue weighted by Gasteiger charge is -2.40. The van der Waals surface area contributed by atoms with Crippen molar-refractivity contribution in [3.63, 3.8) is 0 Å². The standard InChI is InChI=1S/C26H21F3N2O4/c1-34-23-22-20(11-18(14-30)31-23)35-26(17-9-7-15(8-10-17)13-24(27,28)29)19(12-21(32)25(22,26)33)16-5-3-2-4-6-16/h2-11,19,21,32-33H,12-13H2,1H3. The lowest BCUT2D eigenvalue weighted by molar-refractivity contribution is -0.150. The number of nitrogens with zero attached hydrogens (tertiary/aromatic N) is 2. The molecule has 0 saturated heterocycles. The van der Waals surface area contributed by atoms with E-state index in [2.05, 4.69) is 4.98 Å². The minimum atomic E-state index is -4.37. The first-order chi connectivity index (χ1) is 16.6. The van der Waals surface area contributed by atoms with E-state index >= 15 is 0 Å². The molecule has 0 amide bonds. The van der Waals surface area contributed by atoms with E-state index in [-0.39, 0.29) is 34.9 Å². The monoisotopic (exact) mass is 482 g/mol. The van der Waals surface area contributed by atoms with Crippen LogP contribution in [0.25, 0.3) is 0 Å². The average molecular weight is 482 g/mol. The quantitative estimate of drug-likeness (QED) is 0.582. The van der Waals surface area contributed by atoms with Crippen LogP contribution in [0, 0.1) is 11.3 Å². The number of alkyl halides is 3. The maximum atomic E-state index is 12.9. The molecule has 2 aromatic carbocycles. The van der Waals surface area contributed by atoms with Gasteiger partial charge in [-0.2, -0.15) is 18.4 Å². The van der Waals surface area contributed by atoms with Gasteiger partial charge >= 0.3 is 6.18 Å². The number of benzene rings is 2. The molecule has 3 aromatic rings. The average Bonchev–Trinajstić information content (AvgIpc) is 3.23. The van der Waals surface area contributed by atoms with Gasteiger partial charge in [0.05, 0.1) is 25.2 Å². The molecule has 1 aromatic heterocycles. The predicted octanol–water partition coefficient (Wildman–Crippen LogP) is 4.09. The lowest BCUT2D eigenvalue weighted by atomic mass is 9.71. The third-order valence-electron chi connectivity index (χ3n) is 6.90. The van der Waals surface area contributed by atoms with E-state index in [1.165, 1.54) is 37.4 Å². The van der Waals surface area contributed by atoms with Crippen molar-refractivity contribution in [2.24, 2.45) is 0 Å². The van der Waals surface area contributed by atoms with Crippen molar-refractivity contribution < 1.29 is 32.9 Å². The Labute approximate surface area is 199 Å². The molecule has 1 aliphatic heterocycles. The first kappa shape index (κ1) is 23.1. The molecule has 180 valence electrons. The second kappa shape index (κ2) is 7.97. The molecule has 35 heavy (non-hydrogen) atoms. The Balaban J connectivity index is 1.75. The van der Waals surface area contributed by atoms with Crippen LogP contribution in [-0.4, -0.2) is 34.6 Å². The summed E-state index contributed by atoms with van der Waals surface area (Å²) in [6, 6.07) is 18.1. The molecular weight excluding hydrogens is 461 g/mol. The maximum Gasteiger partial charge on any atom is 0.393 e. The highest BCUT2D eigenvalue weighted by Crippen LogP contribution is 2.67. The Kier molecular flexibility index (Phi) is 5.27. The number of ether oxygens (including phenoxy) is 2. The van der Waals surface area contributed by atoms with Crippen molar-refractivity contribution in [1.29, 1.82) is 5.26 Å². The molecule has 1 fully saturated rings. The molecule has 4 unspecified atom stereocenters. The number of halogens is 3. The fraction of sp³-hybridized carbons (Fsp3) is 0.308. The van der Waals surface area contributed by atoms with Crippen LogP contribution in [0.5, 0.6) is 11.6 Å². The van der Waals surface area contributed by atoms with E-state index in [1.54, 1.807) is 0 Å². The highest BCUT2D eigenvalue weighted by Gasteiger charge is 2.73. The summed E-state index contributed by atoms with van der Waals surface area (Å²) >= 11 is 0. The third-order valence-corrected chi connectivity index (χ3v) is 6.90. The van der Waals surface area contributed by atoms with Gasteiger partial charge in [-0.3, -0.25) is 0 Å². The number of aliphatic hydroxyl groups excluding tert-OH is 1. The first-order valence-corrected chi connectivity index (χ1v) is 10.9. The normalized spacial score (nSPS) is 27.0. The minimum absolute atomic E-state index is 0.00870. The van der Waals surface area contributed by atoms with Gasteiger partial charge in [0.1, 0.15) is 17.5 Å². The Morgan fingerprint density at radius 3 is 2.46 bits per heavy atom. The molecule has 0 spiro atoms. The summed E-state index contributed by atoms with van der Waals surface area (Å²) in [7, 11) is 1.33. The number of nitriles is 1. The summed E-state index contributed by atoms with van der Waals surface area (Å²) in [5, 5.41) is 33.0. The highest BCUT2D eigenvalue weighted by molar-refractivity contribution is 5.59. The molecule has 0 radical (unpaired) electrons. The highest BCUT2D eigenvalue weighted by atomic mass is 19.4. The zero-order valence-electron chi connectivity index (χ0n) is 18.6. The molecule has 1 aliphatic carbocycles. The molecule has 6 nitrogen and oxygen atoms in total. The van der Waals surface area contributed by atoms with E-state index in [1.807, 2.05) is 36.4 Å². The first-order valence-electron chi connectivity index (χ1n) is 10.9. The number of methoxy groups -OCH3 is 1. The lowest BCUT2D eigenvalue weighted by Crippen LogP contribution is -2.52. The van der Waals surface area contributed by atoms with Crippen molar-refractivity contribution in [1.82, 2.24) is 4.98 Å². The minimum Gasteiger partial charge on any atom is -0.481 e. The van der Waals surface area contributed by atoms with Crippen LogP contribution in [0.15, 0.2) is 60.7 Å². The summed E-state index contributed by atoms with van der Waals surface area (Å²) in [5.41, 5.74) is -2.38. The summed E-state index contributed by atoms with van der Waals surface area (Å²) < 4.78 is 50.7. The van der Waals surface area contributed by atoms with Crippen molar-refractivity contribution in [2.75, 3.05) is 7.11 Å². The van der Waals surface area contributed by atoms with E-state index in [0.29, 0.717) is 5.56 Å². The number of pyridine rings is 1. The number of rotatable bonds is 4. The van der Waals surface area contributed by atoms with Crippen molar-refractivity contribution in [2.45, 2.75) is 42.2 Å². The van der Waals surface area contributed by atoms with Gasteiger partial charge in [0.25, 0.3) is 0 Å². The number of aliphatic hydroxyl groups is 2. The van der Waals surface area contributed by atoms with E-state index in [9.17, 15) is 28.6 Å². The van der Waals surface area contributed by atoms with Gasteiger partial charge in [-0.1, -0.05) is 54.6 Å². The zero-order chi connectivity index (χ0) is 25.0. The Hall–Kier alpha value is -3.61. The summed E-state index contributed by atoms with van der Waals surface area (Å²) in [5.74, 6) is -0.528.